The predicted molar refractivity (Wildman–Crippen MR) is 113 cm³/mol. The molecule has 1 unspecified atom stereocenters. The molecule has 1 aromatic heterocycles. The molecule has 168 valence electrons. The van der Waals surface area contributed by atoms with Gasteiger partial charge in [-0.05, 0) is 43.6 Å². The molecular weight excluding hydrogens is 404 g/mol. The third-order valence-electron chi connectivity index (χ3n) is 5.45. The Kier molecular flexibility index (Phi) is 6.45. The zero-order valence-electron chi connectivity index (χ0n) is 18.6. The zero-order chi connectivity index (χ0) is 22.9. The number of hydrogen-bond acceptors (Lipinski definition) is 4. The summed E-state index contributed by atoms with van der Waals surface area (Å²) in [6.45, 7) is 7.28. The smallest absolute Gasteiger partial charge is 0.272 e. The van der Waals surface area contributed by atoms with Crippen molar-refractivity contribution in [2.75, 3.05) is 20.6 Å². The van der Waals surface area contributed by atoms with E-state index in [1.807, 2.05) is 32.7 Å². The summed E-state index contributed by atoms with van der Waals surface area (Å²) in [5, 5.41) is 5.36. The molecule has 31 heavy (non-hydrogen) atoms. The van der Waals surface area contributed by atoms with E-state index in [2.05, 4.69) is 15.6 Å². The number of nitrogens with zero attached hydrogens (tertiary/aromatic N) is 3. The van der Waals surface area contributed by atoms with Crippen molar-refractivity contribution in [2.45, 2.75) is 46.3 Å². The van der Waals surface area contributed by atoms with E-state index in [0.29, 0.717) is 18.8 Å². The number of benzene rings is 1. The molecule has 3 rings (SSSR count). The maximum atomic E-state index is 14.5. The average molecular weight is 434 g/mol. The molecule has 2 amide bonds. The molecule has 0 bridgehead atoms. The van der Waals surface area contributed by atoms with Crippen molar-refractivity contribution in [2.24, 2.45) is 5.41 Å². The Balaban J connectivity index is 2.10. The third kappa shape index (κ3) is 4.76. The normalized spacial score (nSPS) is 15.7. The Bertz CT molecular complexity index is 997. The van der Waals surface area contributed by atoms with Crippen LogP contribution in [0.5, 0.6) is 0 Å². The predicted octanol–water partition coefficient (Wildman–Crippen LogP) is 2.55. The number of halogens is 2. The number of carbonyl (C=O) groups is 2. The number of hydrogen-bond donors (Lipinski definition) is 2. The summed E-state index contributed by atoms with van der Waals surface area (Å²) < 4.78 is 30.2. The fraction of sp³-hybridized carbons (Fsp3) is 0.500. The molecule has 0 spiro atoms. The van der Waals surface area contributed by atoms with Crippen LogP contribution in [0.1, 0.15) is 43.4 Å². The van der Waals surface area contributed by atoms with Gasteiger partial charge in [0.05, 0.1) is 11.3 Å². The summed E-state index contributed by atoms with van der Waals surface area (Å²) in [4.78, 5) is 32.1. The van der Waals surface area contributed by atoms with Crippen LogP contribution in [-0.2, 0) is 17.9 Å². The van der Waals surface area contributed by atoms with Crippen LogP contribution in [0.25, 0.3) is 11.4 Å². The molecule has 1 aliphatic heterocycles. The highest BCUT2D eigenvalue weighted by atomic mass is 19.1. The van der Waals surface area contributed by atoms with Crippen molar-refractivity contribution >= 4 is 11.8 Å². The van der Waals surface area contributed by atoms with Crippen LogP contribution in [0.15, 0.2) is 18.2 Å². The van der Waals surface area contributed by atoms with Crippen molar-refractivity contribution in [3.05, 3.63) is 41.2 Å². The molecule has 0 saturated heterocycles. The molecule has 1 aromatic carbocycles. The van der Waals surface area contributed by atoms with Gasteiger partial charge < -0.3 is 20.1 Å². The Morgan fingerprint density at radius 2 is 1.90 bits per heavy atom. The van der Waals surface area contributed by atoms with Crippen molar-refractivity contribution in [1.29, 1.82) is 0 Å². The first-order valence-electron chi connectivity index (χ1n) is 10.3. The fourth-order valence-electron chi connectivity index (χ4n) is 3.80. The van der Waals surface area contributed by atoms with Gasteiger partial charge in [0.2, 0.25) is 5.91 Å². The number of fused-ring (bicyclic) bond motifs is 1. The maximum absolute atomic E-state index is 14.5. The molecule has 1 aliphatic rings. The Morgan fingerprint density at radius 1 is 1.19 bits per heavy atom. The first kappa shape index (κ1) is 22.9. The van der Waals surface area contributed by atoms with Crippen molar-refractivity contribution in [3.8, 4) is 11.4 Å². The number of nitrogens with one attached hydrogen (secondary N) is 2. The lowest BCUT2D eigenvalue weighted by molar-refractivity contribution is -0.124. The molecule has 1 atom stereocenters. The molecule has 9 heteroatoms. The summed E-state index contributed by atoms with van der Waals surface area (Å²) in [5.41, 5.74) is 0.190. The van der Waals surface area contributed by atoms with Gasteiger partial charge in [0.1, 0.15) is 23.5 Å². The zero-order valence-corrected chi connectivity index (χ0v) is 18.6. The van der Waals surface area contributed by atoms with Gasteiger partial charge in [-0.2, -0.15) is 0 Å². The van der Waals surface area contributed by atoms with E-state index in [1.165, 1.54) is 7.05 Å². The van der Waals surface area contributed by atoms with Crippen molar-refractivity contribution in [3.63, 3.8) is 0 Å². The minimum absolute atomic E-state index is 0.00326. The van der Waals surface area contributed by atoms with E-state index in [4.69, 9.17) is 0 Å². The summed E-state index contributed by atoms with van der Waals surface area (Å²) in [7, 11) is 3.44. The van der Waals surface area contributed by atoms with E-state index in [0.717, 1.165) is 31.2 Å². The highest BCUT2D eigenvalue weighted by Gasteiger charge is 2.35. The maximum Gasteiger partial charge on any atom is 0.272 e. The molecule has 2 heterocycles. The van der Waals surface area contributed by atoms with Crippen LogP contribution >= 0.6 is 0 Å². The molecule has 7 nitrogen and oxygen atoms in total. The second kappa shape index (κ2) is 8.74. The van der Waals surface area contributed by atoms with E-state index < -0.39 is 29.0 Å². The summed E-state index contributed by atoms with van der Waals surface area (Å²) in [6.07, 6.45) is 0.772. The Hall–Kier alpha value is -2.81. The molecule has 0 saturated carbocycles. The highest BCUT2D eigenvalue weighted by Crippen LogP contribution is 2.29. The quantitative estimate of drug-likeness (QED) is 0.777. The summed E-state index contributed by atoms with van der Waals surface area (Å²) >= 11 is 0. The minimum atomic E-state index is -0.791. The number of aromatic nitrogens is 2. The van der Waals surface area contributed by atoms with Crippen molar-refractivity contribution in [1.82, 2.24) is 25.1 Å². The molecule has 0 fully saturated rings. The van der Waals surface area contributed by atoms with Gasteiger partial charge in [0.15, 0.2) is 5.69 Å². The van der Waals surface area contributed by atoms with E-state index in [9.17, 15) is 18.4 Å². The second-order valence-corrected chi connectivity index (χ2v) is 8.98. The van der Waals surface area contributed by atoms with Crippen LogP contribution in [0, 0.1) is 17.0 Å². The first-order valence-corrected chi connectivity index (χ1v) is 10.3. The molecule has 2 aromatic rings. The molecular formula is C22H29F2N5O2. The van der Waals surface area contributed by atoms with Gasteiger partial charge in [-0.1, -0.05) is 20.8 Å². The number of imidazole rings is 1. The molecule has 0 radical (unpaired) electrons. The second-order valence-electron chi connectivity index (χ2n) is 8.98. The number of likely N-dealkylation sites (N-methyl/N-ethyl adjacent to an activating group) is 1. The topological polar surface area (TPSA) is 79.3 Å². The SMILES string of the molecule is CNC(=O)C(NC(=O)c1nc(-c2cc(F)ccc2F)n2c1CN(C)CCC2)C(C)(C)C. The highest BCUT2D eigenvalue weighted by molar-refractivity contribution is 5.97. The Labute approximate surface area is 180 Å². The van der Waals surface area contributed by atoms with Gasteiger partial charge in [0.25, 0.3) is 5.91 Å². The lowest BCUT2D eigenvalue weighted by Gasteiger charge is -2.29. The van der Waals surface area contributed by atoms with Gasteiger partial charge >= 0.3 is 0 Å². The number of amides is 2. The lowest BCUT2D eigenvalue weighted by Crippen LogP contribution is -2.53. The monoisotopic (exact) mass is 433 g/mol. The summed E-state index contributed by atoms with van der Waals surface area (Å²) in [6, 6.07) is 2.39. The van der Waals surface area contributed by atoms with Crippen LogP contribution in [-0.4, -0.2) is 52.9 Å². The lowest BCUT2D eigenvalue weighted by atomic mass is 9.86. The molecule has 2 N–H and O–H groups in total. The standard InChI is InChI=1S/C22H29F2N5O2/c1-22(2,3)18(21(31)25-4)27-20(30)17-16-12-28(5)9-6-10-29(16)19(26-17)14-11-13(23)7-8-15(14)24/h7-8,11,18H,6,9-10,12H2,1-5H3,(H,25,31)(H,27,30). The minimum Gasteiger partial charge on any atom is -0.357 e. The number of rotatable bonds is 4. The van der Waals surface area contributed by atoms with Crippen LogP contribution in [0.4, 0.5) is 8.78 Å². The van der Waals surface area contributed by atoms with Gasteiger partial charge in [-0.3, -0.25) is 9.59 Å². The van der Waals surface area contributed by atoms with Crippen LogP contribution < -0.4 is 10.6 Å². The first-order chi connectivity index (χ1) is 14.5. The van der Waals surface area contributed by atoms with Crippen molar-refractivity contribution < 1.29 is 18.4 Å². The van der Waals surface area contributed by atoms with E-state index in [1.54, 1.807) is 4.57 Å². The number of carbonyl (C=O) groups excluding carboxylic acids is 2. The third-order valence-corrected chi connectivity index (χ3v) is 5.45. The van der Waals surface area contributed by atoms with Crippen LogP contribution in [0.3, 0.4) is 0 Å². The van der Waals surface area contributed by atoms with Gasteiger partial charge in [-0.15, -0.1) is 0 Å². The fourth-order valence-corrected chi connectivity index (χ4v) is 3.80. The molecule has 0 aliphatic carbocycles. The summed E-state index contributed by atoms with van der Waals surface area (Å²) in [5.74, 6) is -1.83. The average Bonchev–Trinajstić information content (AvgIpc) is 2.92. The van der Waals surface area contributed by atoms with Gasteiger partial charge in [0, 0.05) is 20.1 Å². The largest absolute Gasteiger partial charge is 0.357 e. The van der Waals surface area contributed by atoms with Crippen LogP contribution in [0.2, 0.25) is 0 Å². The van der Waals surface area contributed by atoms with E-state index >= 15 is 0 Å². The van der Waals surface area contributed by atoms with E-state index in [-0.39, 0.29) is 23.0 Å². The Morgan fingerprint density at radius 3 is 2.55 bits per heavy atom. The van der Waals surface area contributed by atoms with Gasteiger partial charge in [-0.25, -0.2) is 13.8 Å².